The van der Waals surface area contributed by atoms with Crippen LogP contribution in [-0.2, 0) is 4.79 Å². The normalized spacial score (nSPS) is 18.7. The number of aromatic amines is 1. The standard InChI is InChI=1S/C14H16N2O2/c15-13(14(17)18)12(8-5-6-8)10-7-16-11-4-2-1-3-9(10)11/h1-4,7-8,12-13,16H,5-6,15H2,(H,17,18). The molecule has 4 N–H and O–H groups in total. The number of hydrogen-bond acceptors (Lipinski definition) is 2. The summed E-state index contributed by atoms with van der Waals surface area (Å²) >= 11 is 0. The Kier molecular flexibility index (Phi) is 2.59. The first-order chi connectivity index (χ1) is 8.68. The van der Waals surface area contributed by atoms with Crippen molar-refractivity contribution in [3.8, 4) is 0 Å². The van der Waals surface area contributed by atoms with E-state index >= 15 is 0 Å². The predicted octanol–water partition coefficient (Wildman–Crippen LogP) is 2.07. The lowest BCUT2D eigenvalue weighted by Crippen LogP contribution is -2.37. The highest BCUT2D eigenvalue weighted by Gasteiger charge is 2.40. The number of carbonyl (C=O) groups is 1. The van der Waals surface area contributed by atoms with Gasteiger partial charge in [0.2, 0.25) is 0 Å². The number of aromatic nitrogens is 1. The van der Waals surface area contributed by atoms with E-state index in [-0.39, 0.29) is 5.92 Å². The molecule has 4 heteroatoms. The molecule has 0 bridgehead atoms. The van der Waals surface area contributed by atoms with E-state index in [2.05, 4.69) is 4.98 Å². The minimum atomic E-state index is -0.919. The van der Waals surface area contributed by atoms with Gasteiger partial charge < -0.3 is 15.8 Å². The molecule has 2 unspecified atom stereocenters. The van der Waals surface area contributed by atoms with E-state index in [1.54, 1.807) is 0 Å². The summed E-state index contributed by atoms with van der Waals surface area (Å²) < 4.78 is 0. The molecule has 18 heavy (non-hydrogen) atoms. The number of hydrogen-bond donors (Lipinski definition) is 3. The Bertz CT molecular complexity index is 586. The number of aliphatic carboxylic acids is 1. The third kappa shape index (κ3) is 1.78. The summed E-state index contributed by atoms with van der Waals surface area (Å²) in [5.74, 6) is -0.592. The number of benzene rings is 1. The highest BCUT2D eigenvalue weighted by molar-refractivity contribution is 5.85. The summed E-state index contributed by atoms with van der Waals surface area (Å²) in [4.78, 5) is 14.4. The van der Waals surface area contributed by atoms with Crippen molar-refractivity contribution >= 4 is 16.9 Å². The molecule has 0 radical (unpaired) electrons. The average Bonchev–Trinajstić information content (AvgIpc) is 3.10. The highest BCUT2D eigenvalue weighted by atomic mass is 16.4. The van der Waals surface area contributed by atoms with Crippen LogP contribution in [0.1, 0.15) is 24.3 Å². The minimum Gasteiger partial charge on any atom is -0.480 e. The number of fused-ring (bicyclic) bond motifs is 1. The van der Waals surface area contributed by atoms with Crippen LogP contribution in [0.15, 0.2) is 30.5 Å². The Hall–Kier alpha value is -1.81. The number of H-pyrrole nitrogens is 1. The summed E-state index contributed by atoms with van der Waals surface area (Å²) in [6.45, 7) is 0. The first-order valence-corrected chi connectivity index (χ1v) is 6.23. The van der Waals surface area contributed by atoms with Crippen LogP contribution in [0, 0.1) is 5.92 Å². The second-order valence-corrected chi connectivity index (χ2v) is 5.02. The zero-order valence-corrected chi connectivity index (χ0v) is 9.97. The fourth-order valence-electron chi connectivity index (χ4n) is 2.72. The van der Waals surface area contributed by atoms with E-state index in [4.69, 9.17) is 10.8 Å². The predicted molar refractivity (Wildman–Crippen MR) is 69.4 cm³/mol. The van der Waals surface area contributed by atoms with Gasteiger partial charge in [-0.05, 0) is 30.4 Å². The van der Waals surface area contributed by atoms with Crippen molar-refractivity contribution in [1.82, 2.24) is 4.98 Å². The molecule has 0 amide bonds. The molecular formula is C14H16N2O2. The van der Waals surface area contributed by atoms with Crippen molar-refractivity contribution in [2.24, 2.45) is 11.7 Å². The molecule has 1 aliphatic rings. The molecule has 1 aliphatic carbocycles. The quantitative estimate of drug-likeness (QED) is 0.770. The second kappa shape index (κ2) is 4.14. The van der Waals surface area contributed by atoms with Crippen molar-refractivity contribution in [3.05, 3.63) is 36.0 Å². The van der Waals surface area contributed by atoms with Gasteiger partial charge in [0, 0.05) is 23.0 Å². The van der Waals surface area contributed by atoms with Crippen molar-refractivity contribution in [3.63, 3.8) is 0 Å². The van der Waals surface area contributed by atoms with Crippen LogP contribution in [-0.4, -0.2) is 22.1 Å². The molecule has 1 aromatic carbocycles. The average molecular weight is 244 g/mol. The van der Waals surface area contributed by atoms with Gasteiger partial charge in [0.05, 0.1) is 0 Å². The maximum Gasteiger partial charge on any atom is 0.321 e. The minimum absolute atomic E-state index is 0.0846. The second-order valence-electron chi connectivity index (χ2n) is 5.02. The Morgan fingerprint density at radius 2 is 2.11 bits per heavy atom. The molecule has 2 aromatic rings. The lowest BCUT2D eigenvalue weighted by molar-refractivity contribution is -0.139. The van der Waals surface area contributed by atoms with Crippen molar-refractivity contribution in [2.45, 2.75) is 24.8 Å². The van der Waals surface area contributed by atoms with E-state index < -0.39 is 12.0 Å². The summed E-state index contributed by atoms with van der Waals surface area (Å²) in [5.41, 5.74) is 7.95. The van der Waals surface area contributed by atoms with Gasteiger partial charge in [0.1, 0.15) is 6.04 Å². The van der Waals surface area contributed by atoms with Crippen molar-refractivity contribution in [2.75, 3.05) is 0 Å². The largest absolute Gasteiger partial charge is 0.480 e. The van der Waals surface area contributed by atoms with Gasteiger partial charge in [-0.25, -0.2) is 0 Å². The zero-order chi connectivity index (χ0) is 12.7. The Labute approximate surface area is 105 Å². The topological polar surface area (TPSA) is 79.1 Å². The van der Waals surface area contributed by atoms with Gasteiger partial charge >= 0.3 is 5.97 Å². The third-order valence-electron chi connectivity index (χ3n) is 3.78. The molecule has 1 fully saturated rings. The van der Waals surface area contributed by atoms with Crippen molar-refractivity contribution in [1.29, 1.82) is 0 Å². The smallest absolute Gasteiger partial charge is 0.321 e. The molecule has 1 aromatic heterocycles. The number of carboxylic acid groups (broad SMARTS) is 1. The highest BCUT2D eigenvalue weighted by Crippen LogP contribution is 2.45. The van der Waals surface area contributed by atoms with Gasteiger partial charge in [0.15, 0.2) is 0 Å². The first kappa shape index (κ1) is 11.3. The Morgan fingerprint density at radius 1 is 1.39 bits per heavy atom. The van der Waals surface area contributed by atoms with Gasteiger partial charge in [-0.1, -0.05) is 18.2 Å². The molecule has 0 spiro atoms. The molecule has 0 saturated heterocycles. The molecule has 1 saturated carbocycles. The van der Waals surface area contributed by atoms with Crippen LogP contribution >= 0.6 is 0 Å². The van der Waals surface area contributed by atoms with Crippen LogP contribution in [0.3, 0.4) is 0 Å². The Balaban J connectivity index is 2.07. The van der Waals surface area contributed by atoms with E-state index in [1.165, 1.54) is 0 Å². The lowest BCUT2D eigenvalue weighted by atomic mass is 9.87. The summed E-state index contributed by atoms with van der Waals surface area (Å²) in [6, 6.07) is 7.12. The number of nitrogens with two attached hydrogens (primary N) is 1. The number of carboxylic acids is 1. The molecule has 1 heterocycles. The summed E-state index contributed by atoms with van der Waals surface area (Å²) in [6.07, 6.45) is 4.06. The number of nitrogens with one attached hydrogen (secondary N) is 1. The van der Waals surface area contributed by atoms with E-state index in [1.807, 2.05) is 30.5 Å². The van der Waals surface area contributed by atoms with Crippen LogP contribution in [0.5, 0.6) is 0 Å². The number of para-hydroxylation sites is 1. The van der Waals surface area contributed by atoms with Gasteiger partial charge in [0.25, 0.3) is 0 Å². The van der Waals surface area contributed by atoms with Gasteiger partial charge in [-0.15, -0.1) is 0 Å². The monoisotopic (exact) mass is 244 g/mol. The maximum atomic E-state index is 11.2. The SMILES string of the molecule is NC(C(=O)O)C(c1c[nH]c2ccccc12)C1CC1. The van der Waals surface area contributed by atoms with Crippen LogP contribution in [0.4, 0.5) is 0 Å². The maximum absolute atomic E-state index is 11.2. The fourth-order valence-corrected chi connectivity index (χ4v) is 2.72. The van der Waals surface area contributed by atoms with Crippen LogP contribution < -0.4 is 5.73 Å². The fraction of sp³-hybridized carbons (Fsp3) is 0.357. The molecular weight excluding hydrogens is 228 g/mol. The summed E-state index contributed by atoms with van der Waals surface area (Å²) in [5, 5.41) is 10.3. The molecule has 2 atom stereocenters. The summed E-state index contributed by atoms with van der Waals surface area (Å²) in [7, 11) is 0. The van der Waals surface area contributed by atoms with E-state index in [0.717, 1.165) is 29.3 Å². The van der Waals surface area contributed by atoms with Crippen LogP contribution in [0.2, 0.25) is 0 Å². The zero-order valence-electron chi connectivity index (χ0n) is 9.97. The van der Waals surface area contributed by atoms with Gasteiger partial charge in [-0.3, -0.25) is 4.79 Å². The van der Waals surface area contributed by atoms with Gasteiger partial charge in [-0.2, -0.15) is 0 Å². The van der Waals surface area contributed by atoms with E-state index in [0.29, 0.717) is 5.92 Å². The van der Waals surface area contributed by atoms with Crippen molar-refractivity contribution < 1.29 is 9.90 Å². The molecule has 0 aliphatic heterocycles. The third-order valence-corrected chi connectivity index (χ3v) is 3.78. The molecule has 4 nitrogen and oxygen atoms in total. The first-order valence-electron chi connectivity index (χ1n) is 6.23. The lowest BCUT2D eigenvalue weighted by Gasteiger charge is -2.20. The Morgan fingerprint density at radius 3 is 2.78 bits per heavy atom. The molecule has 94 valence electrons. The molecule has 3 rings (SSSR count). The van der Waals surface area contributed by atoms with Crippen LogP contribution in [0.25, 0.3) is 10.9 Å². The van der Waals surface area contributed by atoms with E-state index in [9.17, 15) is 4.79 Å². The number of rotatable bonds is 4.